The molecule has 66 heavy (non-hydrogen) atoms. The van der Waals surface area contributed by atoms with Gasteiger partial charge in [-0.05, 0) is 93.0 Å². The summed E-state index contributed by atoms with van der Waals surface area (Å²) in [6.45, 7) is 11.3. The standard InChI is InChI=1S/C60H66NO5/c1-3-5-7-17-35-61(36-18-8-6-4-2)37-39-63-53-31-27-45-19-9-13-23-49(45)57(53)59-51-25-15-11-21-47(51)29-33-55(59)65-43-41-62-42-44-66-56-34-30-48-22-12-16-26-52(48)60(56)58-50-24-14-10-20-46(50)28-32-54(58)64-40-38-61/h9-16,19-34H,3-8,17-18,35-44H2,1-2H3/q+1. The normalized spacial score (nSPS) is 14.9. The van der Waals surface area contributed by atoms with Crippen LogP contribution in [0.15, 0.2) is 146 Å². The van der Waals surface area contributed by atoms with Gasteiger partial charge in [0.2, 0.25) is 0 Å². The number of nitrogens with zero attached hydrogens (tertiary/aromatic N) is 1. The molecular formula is C60H66NO5+. The molecule has 0 aliphatic carbocycles. The molecule has 340 valence electrons. The Kier molecular flexibility index (Phi) is 15.0. The summed E-state index contributed by atoms with van der Waals surface area (Å²) in [6.07, 6.45) is 9.75. The van der Waals surface area contributed by atoms with E-state index in [2.05, 4.69) is 159 Å². The van der Waals surface area contributed by atoms with Crippen LogP contribution in [-0.4, -0.2) is 70.3 Å². The summed E-state index contributed by atoms with van der Waals surface area (Å²) in [5.74, 6) is 3.39. The van der Waals surface area contributed by atoms with Crippen LogP contribution in [0.4, 0.5) is 0 Å². The average Bonchev–Trinajstić information content (AvgIpc) is 3.36. The summed E-state index contributed by atoms with van der Waals surface area (Å²) < 4.78 is 34.9. The summed E-state index contributed by atoms with van der Waals surface area (Å²) >= 11 is 0. The van der Waals surface area contributed by atoms with Gasteiger partial charge < -0.3 is 28.2 Å². The number of ether oxygens (including phenoxy) is 5. The molecule has 0 N–H and O–H groups in total. The van der Waals surface area contributed by atoms with Crippen molar-refractivity contribution in [3.8, 4) is 45.3 Å². The maximum atomic E-state index is 7.16. The van der Waals surface area contributed by atoms with E-state index >= 15 is 0 Å². The smallest absolute Gasteiger partial charge is 0.137 e. The molecule has 0 spiro atoms. The Morgan fingerprint density at radius 1 is 0.333 bits per heavy atom. The van der Waals surface area contributed by atoms with Crippen molar-refractivity contribution in [2.75, 3.05) is 65.8 Å². The predicted molar refractivity (Wildman–Crippen MR) is 275 cm³/mol. The van der Waals surface area contributed by atoms with Crippen LogP contribution in [0.1, 0.15) is 65.2 Å². The quantitative estimate of drug-likeness (QED) is 0.101. The third-order valence-corrected chi connectivity index (χ3v) is 13.7. The number of fused-ring (bicyclic) bond motifs is 14. The maximum Gasteiger partial charge on any atom is 0.137 e. The molecular weight excluding hydrogens is 815 g/mol. The minimum atomic E-state index is 0.389. The van der Waals surface area contributed by atoms with Gasteiger partial charge in [0.05, 0.1) is 26.3 Å². The molecule has 1 heterocycles. The van der Waals surface area contributed by atoms with E-state index in [1.165, 1.54) is 62.1 Å². The fraction of sp³-hybridized carbons (Fsp3) is 0.333. The van der Waals surface area contributed by atoms with Crippen LogP contribution >= 0.6 is 0 Å². The lowest BCUT2D eigenvalue weighted by molar-refractivity contribution is -0.928. The SMILES string of the molecule is CCCCCC[N+]1(CCCCCC)CCOc2ccc3ccccc3c2-c2c(ccc3ccccc23)OCCOCCOc2ccc3ccccc3c2-c2c(ccc3ccccc23)OCC1. The van der Waals surface area contributed by atoms with E-state index in [1.807, 2.05) is 0 Å². The molecule has 1 aliphatic heterocycles. The molecule has 6 nitrogen and oxygen atoms in total. The summed E-state index contributed by atoms with van der Waals surface area (Å²) in [7, 11) is 0. The van der Waals surface area contributed by atoms with Crippen LogP contribution in [0, 0.1) is 0 Å². The molecule has 0 bridgehead atoms. The molecule has 9 rings (SSSR count). The first-order valence-electron chi connectivity index (χ1n) is 24.7. The molecule has 0 atom stereocenters. The maximum absolute atomic E-state index is 7.16. The fourth-order valence-electron chi connectivity index (χ4n) is 10.2. The van der Waals surface area contributed by atoms with Gasteiger partial charge in [-0.1, -0.05) is 161 Å². The van der Waals surface area contributed by atoms with Crippen molar-refractivity contribution in [1.29, 1.82) is 0 Å². The van der Waals surface area contributed by atoms with Gasteiger partial charge in [-0.25, -0.2) is 0 Å². The zero-order chi connectivity index (χ0) is 45.0. The highest BCUT2D eigenvalue weighted by Crippen LogP contribution is 2.47. The summed E-state index contributed by atoms with van der Waals surface area (Å²) in [5.41, 5.74) is 4.24. The molecule has 0 saturated heterocycles. The number of hydrogen-bond donors (Lipinski definition) is 0. The van der Waals surface area contributed by atoms with Gasteiger partial charge in [-0.3, -0.25) is 0 Å². The molecule has 1 aliphatic rings. The third-order valence-electron chi connectivity index (χ3n) is 13.7. The van der Waals surface area contributed by atoms with E-state index in [-0.39, 0.29) is 0 Å². The van der Waals surface area contributed by atoms with Crippen molar-refractivity contribution >= 4 is 43.1 Å². The van der Waals surface area contributed by atoms with Gasteiger partial charge in [0, 0.05) is 22.3 Å². The Morgan fingerprint density at radius 3 is 0.985 bits per heavy atom. The highest BCUT2D eigenvalue weighted by molar-refractivity contribution is 6.11. The predicted octanol–water partition coefficient (Wildman–Crippen LogP) is 14.9. The van der Waals surface area contributed by atoms with E-state index < -0.39 is 0 Å². The second-order valence-corrected chi connectivity index (χ2v) is 18.0. The van der Waals surface area contributed by atoms with Crippen LogP contribution in [-0.2, 0) is 4.74 Å². The summed E-state index contributed by atoms with van der Waals surface area (Å²) in [5, 5.41) is 9.21. The Bertz CT molecular complexity index is 2670. The van der Waals surface area contributed by atoms with Crippen molar-refractivity contribution in [2.24, 2.45) is 0 Å². The fourth-order valence-corrected chi connectivity index (χ4v) is 10.2. The van der Waals surface area contributed by atoms with Crippen molar-refractivity contribution in [1.82, 2.24) is 0 Å². The average molecular weight is 881 g/mol. The van der Waals surface area contributed by atoms with Crippen LogP contribution < -0.4 is 18.9 Å². The lowest BCUT2D eigenvalue weighted by atomic mass is 9.92. The summed E-state index contributed by atoms with van der Waals surface area (Å²) in [6, 6.07) is 51.8. The second-order valence-electron chi connectivity index (χ2n) is 18.0. The highest BCUT2D eigenvalue weighted by Gasteiger charge is 2.29. The number of hydrogen-bond acceptors (Lipinski definition) is 5. The van der Waals surface area contributed by atoms with Gasteiger partial charge in [-0.2, -0.15) is 0 Å². The molecule has 0 saturated carbocycles. The first kappa shape index (κ1) is 45.1. The molecule has 0 fully saturated rings. The van der Waals surface area contributed by atoms with E-state index in [0.29, 0.717) is 39.6 Å². The topological polar surface area (TPSA) is 46.2 Å². The first-order valence-corrected chi connectivity index (χ1v) is 24.7. The van der Waals surface area contributed by atoms with Gasteiger partial charge in [0.25, 0.3) is 0 Å². The van der Waals surface area contributed by atoms with E-state index in [1.54, 1.807) is 0 Å². The van der Waals surface area contributed by atoms with Crippen molar-refractivity contribution in [3.05, 3.63) is 146 Å². The number of quaternary nitrogens is 1. The van der Waals surface area contributed by atoms with E-state index in [0.717, 1.165) is 108 Å². The van der Waals surface area contributed by atoms with Crippen molar-refractivity contribution in [2.45, 2.75) is 65.2 Å². The molecule has 0 radical (unpaired) electrons. The Hall–Kier alpha value is -6.08. The number of benzene rings is 8. The molecule has 8 aromatic carbocycles. The molecule has 0 unspecified atom stereocenters. The van der Waals surface area contributed by atoms with Gasteiger partial charge in [0.1, 0.15) is 62.5 Å². The minimum absolute atomic E-state index is 0.389. The monoisotopic (exact) mass is 880 g/mol. The molecule has 0 amide bonds. The van der Waals surface area contributed by atoms with Crippen LogP contribution in [0.3, 0.4) is 0 Å². The molecule has 8 aromatic rings. The largest absolute Gasteiger partial charge is 0.491 e. The molecule has 0 aromatic heterocycles. The Labute approximate surface area is 391 Å². The van der Waals surface area contributed by atoms with Crippen molar-refractivity contribution in [3.63, 3.8) is 0 Å². The van der Waals surface area contributed by atoms with Gasteiger partial charge in [0.15, 0.2) is 0 Å². The highest BCUT2D eigenvalue weighted by atomic mass is 16.5. The summed E-state index contributed by atoms with van der Waals surface area (Å²) in [4.78, 5) is 0. The second kappa shape index (κ2) is 21.9. The molecule has 6 heteroatoms. The van der Waals surface area contributed by atoms with Crippen LogP contribution in [0.5, 0.6) is 23.0 Å². The Morgan fingerprint density at radius 2 is 0.652 bits per heavy atom. The van der Waals surface area contributed by atoms with Crippen LogP contribution in [0.25, 0.3) is 65.3 Å². The zero-order valence-corrected chi connectivity index (χ0v) is 39.1. The first-order chi connectivity index (χ1) is 32.7. The van der Waals surface area contributed by atoms with E-state index in [4.69, 9.17) is 23.7 Å². The van der Waals surface area contributed by atoms with Crippen molar-refractivity contribution < 1.29 is 28.2 Å². The van der Waals surface area contributed by atoms with Gasteiger partial charge >= 0.3 is 0 Å². The van der Waals surface area contributed by atoms with E-state index in [9.17, 15) is 0 Å². The third kappa shape index (κ3) is 10.2. The number of rotatable bonds is 10. The zero-order valence-electron chi connectivity index (χ0n) is 39.1. The lowest BCUT2D eigenvalue weighted by Crippen LogP contribution is -2.53. The minimum Gasteiger partial charge on any atom is -0.491 e. The lowest BCUT2D eigenvalue weighted by Gasteiger charge is -2.39. The Balaban J connectivity index is 1.14. The van der Waals surface area contributed by atoms with Gasteiger partial charge in [-0.15, -0.1) is 0 Å². The number of unbranched alkanes of at least 4 members (excludes halogenated alkanes) is 6. The van der Waals surface area contributed by atoms with Crippen LogP contribution in [0.2, 0.25) is 0 Å².